The molecule has 1 aliphatic rings. The molecule has 0 radical (unpaired) electrons. The molecular weight excluding hydrogens is 140 g/mol. The Morgan fingerprint density at radius 2 is 2.55 bits per heavy atom. The molecule has 0 aromatic rings. The van der Waals surface area contributed by atoms with Gasteiger partial charge in [0.2, 0.25) is 0 Å². The zero-order valence-corrected chi connectivity index (χ0v) is 6.57. The number of hydrogen-bond acceptors (Lipinski definition) is 3. The highest BCUT2D eigenvalue weighted by Crippen LogP contribution is 2.03. The van der Waals surface area contributed by atoms with E-state index in [2.05, 4.69) is 11.1 Å². The van der Waals surface area contributed by atoms with Gasteiger partial charge in [-0.1, -0.05) is 6.08 Å². The van der Waals surface area contributed by atoms with Gasteiger partial charge in [-0.15, -0.1) is 0 Å². The third kappa shape index (κ3) is 3.30. The standard InChI is InChI=1S/C8H14N2O/c9-4-6-11-7-8-3-1-2-5-10-8/h1-2,5,8H,3-4,6-7,9H2. The average molecular weight is 154 g/mol. The van der Waals surface area contributed by atoms with Crippen molar-refractivity contribution in [3.05, 3.63) is 12.2 Å². The molecule has 1 atom stereocenters. The number of aliphatic imine (C=N–C) groups is 1. The Balaban J connectivity index is 2.07. The van der Waals surface area contributed by atoms with E-state index in [-0.39, 0.29) is 0 Å². The second-order valence-corrected chi connectivity index (χ2v) is 2.48. The van der Waals surface area contributed by atoms with E-state index in [0.717, 1.165) is 6.42 Å². The van der Waals surface area contributed by atoms with E-state index in [4.69, 9.17) is 10.5 Å². The molecule has 11 heavy (non-hydrogen) atoms. The lowest BCUT2D eigenvalue weighted by Gasteiger charge is -2.11. The van der Waals surface area contributed by atoms with Crippen molar-refractivity contribution in [2.24, 2.45) is 10.7 Å². The van der Waals surface area contributed by atoms with Gasteiger partial charge in [-0.2, -0.15) is 0 Å². The number of ether oxygens (including phenoxy) is 1. The fourth-order valence-electron chi connectivity index (χ4n) is 0.943. The summed E-state index contributed by atoms with van der Waals surface area (Å²) in [6.07, 6.45) is 6.87. The summed E-state index contributed by atoms with van der Waals surface area (Å²) in [5, 5.41) is 0. The minimum Gasteiger partial charge on any atom is -0.378 e. The van der Waals surface area contributed by atoms with Crippen LogP contribution in [0.1, 0.15) is 6.42 Å². The fraction of sp³-hybridized carbons (Fsp3) is 0.625. The molecule has 0 saturated carbocycles. The van der Waals surface area contributed by atoms with Crippen molar-refractivity contribution in [1.29, 1.82) is 0 Å². The Morgan fingerprint density at radius 3 is 3.18 bits per heavy atom. The summed E-state index contributed by atoms with van der Waals surface area (Å²) in [5.74, 6) is 0. The number of dihydropyridines is 1. The molecule has 0 amide bonds. The van der Waals surface area contributed by atoms with Gasteiger partial charge in [0.15, 0.2) is 0 Å². The maximum atomic E-state index is 5.27. The van der Waals surface area contributed by atoms with Crippen molar-refractivity contribution in [3.8, 4) is 0 Å². The predicted octanol–water partition coefficient (Wildman–Crippen LogP) is 0.361. The number of hydrogen-bond donors (Lipinski definition) is 1. The molecule has 0 fully saturated rings. The molecule has 3 heteroatoms. The first-order valence-electron chi connectivity index (χ1n) is 3.89. The minimum atomic E-state index is 0.312. The Labute approximate surface area is 66.9 Å². The summed E-state index contributed by atoms with van der Waals surface area (Å²) >= 11 is 0. The maximum absolute atomic E-state index is 5.27. The summed E-state index contributed by atoms with van der Waals surface area (Å²) in [4.78, 5) is 4.22. The summed E-state index contributed by atoms with van der Waals surface area (Å²) in [6.45, 7) is 1.92. The predicted molar refractivity (Wildman–Crippen MR) is 45.9 cm³/mol. The van der Waals surface area contributed by atoms with Crippen molar-refractivity contribution in [1.82, 2.24) is 0 Å². The van der Waals surface area contributed by atoms with Gasteiger partial charge in [0, 0.05) is 12.8 Å². The maximum Gasteiger partial charge on any atom is 0.0767 e. The van der Waals surface area contributed by atoms with Crippen molar-refractivity contribution in [2.75, 3.05) is 19.8 Å². The zero-order chi connectivity index (χ0) is 7.94. The zero-order valence-electron chi connectivity index (χ0n) is 6.57. The van der Waals surface area contributed by atoms with Crippen LogP contribution in [0.3, 0.4) is 0 Å². The monoisotopic (exact) mass is 154 g/mol. The van der Waals surface area contributed by atoms with Crippen molar-refractivity contribution >= 4 is 6.21 Å². The normalized spacial score (nSPS) is 22.5. The van der Waals surface area contributed by atoms with E-state index in [9.17, 15) is 0 Å². The molecule has 0 aromatic carbocycles. The molecule has 0 bridgehead atoms. The summed E-state index contributed by atoms with van der Waals surface area (Å²) in [7, 11) is 0. The Hall–Kier alpha value is -0.670. The van der Waals surface area contributed by atoms with Crippen LogP contribution in [-0.4, -0.2) is 32.0 Å². The lowest BCUT2D eigenvalue weighted by molar-refractivity contribution is 0.128. The highest BCUT2D eigenvalue weighted by Gasteiger charge is 2.04. The van der Waals surface area contributed by atoms with Crippen LogP contribution in [0.15, 0.2) is 17.1 Å². The second kappa shape index (κ2) is 5.04. The molecule has 3 nitrogen and oxygen atoms in total. The van der Waals surface area contributed by atoms with E-state index < -0.39 is 0 Å². The first-order valence-corrected chi connectivity index (χ1v) is 3.89. The first-order chi connectivity index (χ1) is 5.43. The van der Waals surface area contributed by atoms with Crippen LogP contribution >= 0.6 is 0 Å². The Bertz CT molecular complexity index is 154. The molecule has 0 aromatic heterocycles. The molecule has 1 heterocycles. The van der Waals surface area contributed by atoms with Crippen molar-refractivity contribution in [2.45, 2.75) is 12.5 Å². The first kappa shape index (κ1) is 8.43. The van der Waals surface area contributed by atoms with Gasteiger partial charge in [0.1, 0.15) is 0 Å². The Kier molecular flexibility index (Phi) is 3.86. The average Bonchev–Trinajstić information content (AvgIpc) is 2.07. The number of allylic oxidation sites excluding steroid dienone is 1. The third-order valence-electron chi connectivity index (χ3n) is 1.50. The largest absolute Gasteiger partial charge is 0.378 e. The van der Waals surface area contributed by atoms with E-state index in [0.29, 0.717) is 25.8 Å². The number of rotatable bonds is 4. The molecule has 1 aliphatic heterocycles. The summed E-state index contributed by atoms with van der Waals surface area (Å²) in [5.41, 5.74) is 5.27. The Morgan fingerprint density at radius 1 is 1.64 bits per heavy atom. The van der Waals surface area contributed by atoms with Gasteiger partial charge in [0.25, 0.3) is 0 Å². The van der Waals surface area contributed by atoms with Gasteiger partial charge in [-0.05, 0) is 12.5 Å². The number of nitrogens with two attached hydrogens (primary N) is 1. The molecule has 0 saturated heterocycles. The lowest BCUT2D eigenvalue weighted by Crippen LogP contribution is -2.18. The van der Waals surface area contributed by atoms with Crippen LogP contribution in [0.25, 0.3) is 0 Å². The van der Waals surface area contributed by atoms with E-state index >= 15 is 0 Å². The molecule has 1 unspecified atom stereocenters. The van der Waals surface area contributed by atoms with Crippen LogP contribution < -0.4 is 5.73 Å². The lowest BCUT2D eigenvalue weighted by atomic mass is 10.2. The molecule has 0 spiro atoms. The van der Waals surface area contributed by atoms with Gasteiger partial charge in [0.05, 0.1) is 19.3 Å². The van der Waals surface area contributed by atoms with Crippen molar-refractivity contribution < 1.29 is 4.74 Å². The molecule has 62 valence electrons. The second-order valence-electron chi connectivity index (χ2n) is 2.48. The van der Waals surface area contributed by atoms with Crippen LogP contribution in [-0.2, 0) is 4.74 Å². The smallest absolute Gasteiger partial charge is 0.0767 e. The minimum absolute atomic E-state index is 0.312. The van der Waals surface area contributed by atoms with Gasteiger partial charge >= 0.3 is 0 Å². The van der Waals surface area contributed by atoms with Crippen LogP contribution in [0.5, 0.6) is 0 Å². The van der Waals surface area contributed by atoms with Gasteiger partial charge < -0.3 is 10.5 Å². The van der Waals surface area contributed by atoms with Crippen LogP contribution in [0.2, 0.25) is 0 Å². The fourth-order valence-corrected chi connectivity index (χ4v) is 0.943. The molecule has 2 N–H and O–H groups in total. The molecule has 0 aliphatic carbocycles. The van der Waals surface area contributed by atoms with Crippen molar-refractivity contribution in [3.63, 3.8) is 0 Å². The molecule has 1 rings (SSSR count). The van der Waals surface area contributed by atoms with Crippen LogP contribution in [0, 0.1) is 0 Å². The third-order valence-corrected chi connectivity index (χ3v) is 1.50. The topological polar surface area (TPSA) is 47.6 Å². The van der Waals surface area contributed by atoms with E-state index in [1.54, 1.807) is 0 Å². The molecular formula is C8H14N2O. The highest BCUT2D eigenvalue weighted by atomic mass is 16.5. The van der Waals surface area contributed by atoms with E-state index in [1.165, 1.54) is 0 Å². The van der Waals surface area contributed by atoms with E-state index in [1.807, 2.05) is 12.3 Å². The van der Waals surface area contributed by atoms with Gasteiger partial charge in [-0.3, -0.25) is 4.99 Å². The SMILES string of the molecule is NCCOCC1CC=CC=N1. The van der Waals surface area contributed by atoms with Crippen LogP contribution in [0.4, 0.5) is 0 Å². The number of nitrogens with zero attached hydrogens (tertiary/aromatic N) is 1. The summed E-state index contributed by atoms with van der Waals surface area (Å²) in [6, 6.07) is 0.312. The van der Waals surface area contributed by atoms with Gasteiger partial charge in [-0.25, -0.2) is 0 Å². The quantitative estimate of drug-likeness (QED) is 0.594. The highest BCUT2D eigenvalue weighted by molar-refractivity contribution is 5.72. The summed E-state index contributed by atoms with van der Waals surface area (Å²) < 4.78 is 5.25.